The number of fused-ring (bicyclic) bond motifs is 2. The second-order valence-electron chi connectivity index (χ2n) is 7.46. The maximum atomic E-state index is 13.6. The van der Waals surface area contributed by atoms with Crippen molar-refractivity contribution in [2.75, 3.05) is 25.4 Å². The molecule has 1 saturated heterocycles. The van der Waals surface area contributed by atoms with Crippen molar-refractivity contribution in [3.63, 3.8) is 0 Å². The molecule has 5 rings (SSSR count). The van der Waals surface area contributed by atoms with Crippen molar-refractivity contribution < 1.29 is 18.0 Å². The lowest BCUT2D eigenvalue weighted by Gasteiger charge is -2.32. The van der Waals surface area contributed by atoms with Gasteiger partial charge in [-0.25, -0.2) is 9.50 Å². The van der Waals surface area contributed by atoms with Gasteiger partial charge in [0.25, 0.3) is 5.91 Å². The standard InChI is InChI=1S/C19H18F3N7O/c20-19(21,22)13-6-15(29-16(13)17(23)26-9-27-29)10-5-12-14(25-7-10)2-4-28(18(12)30)11-1-3-24-8-11/h5-7,9,11,24H,1-4,8H2,(H2,23,26,27)/t11-/m0/s1. The van der Waals surface area contributed by atoms with E-state index < -0.39 is 11.7 Å². The number of nitrogens with zero attached hydrogens (tertiary/aromatic N) is 5. The second kappa shape index (κ2) is 6.66. The highest BCUT2D eigenvalue weighted by atomic mass is 19.4. The van der Waals surface area contributed by atoms with Gasteiger partial charge in [0.05, 0.1) is 22.5 Å². The van der Waals surface area contributed by atoms with Gasteiger partial charge in [0.2, 0.25) is 0 Å². The van der Waals surface area contributed by atoms with Gasteiger partial charge in [-0.05, 0) is 25.1 Å². The summed E-state index contributed by atoms with van der Waals surface area (Å²) in [7, 11) is 0. The van der Waals surface area contributed by atoms with Crippen molar-refractivity contribution in [3.8, 4) is 11.3 Å². The van der Waals surface area contributed by atoms with E-state index >= 15 is 0 Å². The molecule has 30 heavy (non-hydrogen) atoms. The number of carbonyl (C=O) groups excluding carboxylic acids is 1. The Morgan fingerprint density at radius 1 is 1.23 bits per heavy atom. The molecule has 0 spiro atoms. The van der Waals surface area contributed by atoms with Crippen LogP contribution in [0.3, 0.4) is 0 Å². The lowest BCUT2D eigenvalue weighted by atomic mass is 10.00. The van der Waals surface area contributed by atoms with Gasteiger partial charge < -0.3 is 16.0 Å². The van der Waals surface area contributed by atoms with Crippen LogP contribution in [-0.4, -0.2) is 56.1 Å². The van der Waals surface area contributed by atoms with Crippen LogP contribution < -0.4 is 11.1 Å². The molecular weight excluding hydrogens is 399 g/mol. The highest BCUT2D eigenvalue weighted by Gasteiger charge is 2.37. The fraction of sp³-hybridized carbons (Fsp3) is 0.368. The molecule has 2 aliphatic heterocycles. The zero-order chi connectivity index (χ0) is 21.0. The van der Waals surface area contributed by atoms with Gasteiger partial charge in [-0.3, -0.25) is 9.78 Å². The number of nitrogens with two attached hydrogens (primary N) is 1. The van der Waals surface area contributed by atoms with E-state index in [1.807, 2.05) is 4.90 Å². The van der Waals surface area contributed by atoms with E-state index in [4.69, 9.17) is 5.73 Å². The van der Waals surface area contributed by atoms with Gasteiger partial charge in [0.15, 0.2) is 5.82 Å². The molecular formula is C19H18F3N7O. The number of halogens is 3. The zero-order valence-corrected chi connectivity index (χ0v) is 15.8. The zero-order valence-electron chi connectivity index (χ0n) is 15.8. The summed E-state index contributed by atoms with van der Waals surface area (Å²) in [5.41, 5.74) is 6.03. The van der Waals surface area contributed by atoms with Gasteiger partial charge in [-0.1, -0.05) is 0 Å². The van der Waals surface area contributed by atoms with Crippen LogP contribution in [0.1, 0.15) is 28.0 Å². The Morgan fingerprint density at radius 3 is 2.80 bits per heavy atom. The van der Waals surface area contributed by atoms with Gasteiger partial charge >= 0.3 is 6.18 Å². The number of rotatable bonds is 2. The Kier molecular flexibility index (Phi) is 4.17. The third-order valence-electron chi connectivity index (χ3n) is 5.71. The van der Waals surface area contributed by atoms with Gasteiger partial charge in [-0.2, -0.15) is 18.3 Å². The first-order valence-electron chi connectivity index (χ1n) is 9.55. The minimum absolute atomic E-state index is 0.118. The van der Waals surface area contributed by atoms with E-state index in [9.17, 15) is 18.0 Å². The number of anilines is 1. The first kappa shape index (κ1) is 18.8. The van der Waals surface area contributed by atoms with Crippen molar-refractivity contribution in [3.05, 3.63) is 41.5 Å². The quantitative estimate of drug-likeness (QED) is 0.659. The van der Waals surface area contributed by atoms with E-state index in [1.165, 1.54) is 6.20 Å². The van der Waals surface area contributed by atoms with Gasteiger partial charge in [0, 0.05) is 37.3 Å². The van der Waals surface area contributed by atoms with Crippen LogP contribution in [0, 0.1) is 0 Å². The van der Waals surface area contributed by atoms with Crippen LogP contribution in [0.5, 0.6) is 0 Å². The fourth-order valence-corrected chi connectivity index (χ4v) is 4.24. The normalized spacial score (nSPS) is 19.5. The third-order valence-corrected chi connectivity index (χ3v) is 5.71. The largest absolute Gasteiger partial charge is 0.418 e. The van der Waals surface area contributed by atoms with Gasteiger partial charge in [-0.15, -0.1) is 0 Å². The molecule has 1 fully saturated rings. The summed E-state index contributed by atoms with van der Waals surface area (Å²) in [6.45, 7) is 2.18. The first-order chi connectivity index (χ1) is 14.3. The van der Waals surface area contributed by atoms with Crippen molar-refractivity contribution in [2.45, 2.75) is 25.1 Å². The summed E-state index contributed by atoms with van der Waals surface area (Å²) < 4.78 is 41.8. The molecule has 0 bridgehead atoms. The van der Waals surface area contributed by atoms with E-state index in [0.29, 0.717) is 29.8 Å². The number of alkyl halides is 3. The molecule has 0 aliphatic carbocycles. The predicted molar refractivity (Wildman–Crippen MR) is 102 cm³/mol. The number of nitrogens with one attached hydrogen (secondary N) is 1. The Balaban J connectivity index is 1.62. The minimum atomic E-state index is -4.63. The molecule has 0 radical (unpaired) electrons. The lowest BCUT2D eigenvalue weighted by molar-refractivity contribution is -0.136. The summed E-state index contributed by atoms with van der Waals surface area (Å²) in [5.74, 6) is -0.421. The maximum Gasteiger partial charge on any atom is 0.418 e. The SMILES string of the molecule is Nc1ncnn2c(-c3cnc4c(c3)C(=O)N([C@H]3CCNC3)CC4)cc(C(F)(F)F)c12. The fourth-order valence-electron chi connectivity index (χ4n) is 4.24. The molecule has 3 N–H and O–H groups in total. The molecule has 2 aliphatic rings. The highest BCUT2D eigenvalue weighted by molar-refractivity contribution is 5.97. The molecule has 3 aromatic heterocycles. The Bertz CT molecular complexity index is 1150. The van der Waals surface area contributed by atoms with E-state index in [1.54, 1.807) is 6.07 Å². The average Bonchev–Trinajstić information content (AvgIpc) is 3.36. The number of pyridine rings is 1. The third kappa shape index (κ3) is 2.88. The smallest absolute Gasteiger partial charge is 0.382 e. The van der Waals surface area contributed by atoms with Crippen LogP contribution in [0.4, 0.5) is 19.0 Å². The minimum Gasteiger partial charge on any atom is -0.382 e. The summed E-state index contributed by atoms with van der Waals surface area (Å²) in [6.07, 6.45) is -0.582. The van der Waals surface area contributed by atoms with Crippen LogP contribution >= 0.6 is 0 Å². The van der Waals surface area contributed by atoms with Gasteiger partial charge in [0.1, 0.15) is 11.8 Å². The number of aromatic nitrogens is 4. The van der Waals surface area contributed by atoms with Crippen molar-refractivity contribution in [1.82, 2.24) is 29.8 Å². The molecule has 0 saturated carbocycles. The summed E-state index contributed by atoms with van der Waals surface area (Å²) in [5, 5.41) is 7.20. The second-order valence-corrected chi connectivity index (χ2v) is 7.46. The van der Waals surface area contributed by atoms with Crippen LogP contribution in [-0.2, 0) is 12.6 Å². The lowest BCUT2D eigenvalue weighted by Crippen LogP contribution is -2.45. The van der Waals surface area contributed by atoms with Crippen molar-refractivity contribution in [2.24, 2.45) is 0 Å². The Labute approximate surface area is 168 Å². The molecule has 8 nitrogen and oxygen atoms in total. The molecule has 0 unspecified atom stereocenters. The number of hydrogen-bond acceptors (Lipinski definition) is 6. The first-order valence-corrected chi connectivity index (χ1v) is 9.55. The molecule has 1 amide bonds. The average molecular weight is 417 g/mol. The number of carbonyl (C=O) groups is 1. The van der Waals surface area contributed by atoms with Crippen LogP contribution in [0.25, 0.3) is 16.8 Å². The van der Waals surface area contributed by atoms with E-state index in [0.717, 1.165) is 36.4 Å². The maximum absolute atomic E-state index is 13.6. The Morgan fingerprint density at radius 2 is 2.07 bits per heavy atom. The summed E-state index contributed by atoms with van der Waals surface area (Å²) in [4.78, 5) is 23.0. The number of nitrogen functional groups attached to an aromatic ring is 1. The summed E-state index contributed by atoms with van der Waals surface area (Å²) in [6, 6.07) is 2.68. The molecule has 0 aromatic carbocycles. The summed E-state index contributed by atoms with van der Waals surface area (Å²) >= 11 is 0. The van der Waals surface area contributed by atoms with Crippen LogP contribution in [0.2, 0.25) is 0 Å². The van der Waals surface area contributed by atoms with Crippen LogP contribution in [0.15, 0.2) is 24.7 Å². The number of amides is 1. The molecule has 156 valence electrons. The predicted octanol–water partition coefficient (Wildman–Crippen LogP) is 1.75. The molecule has 1 atom stereocenters. The monoisotopic (exact) mass is 417 g/mol. The van der Waals surface area contributed by atoms with E-state index in [2.05, 4.69) is 20.4 Å². The molecule has 11 heteroatoms. The number of hydrogen-bond donors (Lipinski definition) is 2. The van der Waals surface area contributed by atoms with Crippen molar-refractivity contribution >= 4 is 17.2 Å². The highest BCUT2D eigenvalue weighted by Crippen LogP contribution is 2.39. The molecule has 5 heterocycles. The van der Waals surface area contributed by atoms with E-state index in [-0.39, 0.29) is 29.0 Å². The Hall–Kier alpha value is -3.21. The topological polar surface area (TPSA) is 101 Å². The molecule has 3 aromatic rings. The van der Waals surface area contributed by atoms with Crippen molar-refractivity contribution in [1.29, 1.82) is 0 Å².